The molecule has 2 rings (SSSR count). The maximum Gasteiger partial charge on any atom is 0.327 e. The van der Waals surface area contributed by atoms with Crippen LogP contribution in [-0.2, 0) is 26.2 Å². The van der Waals surface area contributed by atoms with Gasteiger partial charge in [0.05, 0.1) is 12.3 Å². The zero-order valence-electron chi connectivity index (χ0n) is 10.9. The predicted octanol–water partition coefficient (Wildman–Crippen LogP) is -0.0169. The maximum absolute atomic E-state index is 12.3. The first-order chi connectivity index (χ1) is 9.47. The molecule has 0 bridgehead atoms. The van der Waals surface area contributed by atoms with E-state index < -0.39 is 22.2 Å². The Morgan fingerprint density at radius 3 is 2.85 bits per heavy atom. The first-order valence-corrected chi connectivity index (χ1v) is 7.50. The van der Waals surface area contributed by atoms with Gasteiger partial charge >= 0.3 is 16.2 Å². The molecule has 8 heteroatoms. The lowest BCUT2D eigenvalue weighted by atomic mass is 10.1. The normalized spacial score (nSPS) is 18.1. The van der Waals surface area contributed by atoms with Crippen LogP contribution < -0.4 is 9.03 Å². The molecule has 7 nitrogen and oxygen atoms in total. The lowest BCUT2D eigenvalue weighted by Crippen LogP contribution is -2.48. The van der Waals surface area contributed by atoms with Gasteiger partial charge in [0, 0.05) is 20.1 Å². The molecule has 20 heavy (non-hydrogen) atoms. The van der Waals surface area contributed by atoms with E-state index in [-0.39, 0.29) is 19.6 Å². The minimum absolute atomic E-state index is 0.0871. The molecule has 1 aliphatic heterocycles. The fourth-order valence-corrected chi connectivity index (χ4v) is 3.60. The van der Waals surface area contributed by atoms with E-state index in [4.69, 9.17) is 4.74 Å². The highest BCUT2D eigenvalue weighted by Gasteiger charge is 2.41. The van der Waals surface area contributed by atoms with E-state index in [1.807, 2.05) is 0 Å². The standard InChI is InChI=1S/C12H16N2O5S/c1-19-7-6-13-20(17,18)14-10-5-3-2-4-9(10)8-11(14)12(15)16/h2-5,11,13H,6-8H2,1H3,(H,15,16). The number of rotatable bonds is 6. The van der Waals surface area contributed by atoms with Gasteiger partial charge in [0.25, 0.3) is 0 Å². The summed E-state index contributed by atoms with van der Waals surface area (Å²) in [4.78, 5) is 11.3. The van der Waals surface area contributed by atoms with Crippen LogP contribution in [0.4, 0.5) is 5.69 Å². The van der Waals surface area contributed by atoms with Crippen molar-refractivity contribution in [3.63, 3.8) is 0 Å². The fraction of sp³-hybridized carbons (Fsp3) is 0.417. The molecule has 1 aromatic carbocycles. The van der Waals surface area contributed by atoms with Gasteiger partial charge in [0.2, 0.25) is 0 Å². The second-order valence-corrected chi connectivity index (χ2v) is 6.01. The maximum atomic E-state index is 12.3. The summed E-state index contributed by atoms with van der Waals surface area (Å²) >= 11 is 0. The summed E-state index contributed by atoms with van der Waals surface area (Å²) in [5.74, 6) is -1.17. The Hall–Kier alpha value is -1.64. The first kappa shape index (κ1) is 14.8. The highest BCUT2D eigenvalue weighted by Crippen LogP contribution is 2.33. The number of nitrogens with zero attached hydrogens (tertiary/aromatic N) is 1. The number of fused-ring (bicyclic) bond motifs is 1. The zero-order valence-corrected chi connectivity index (χ0v) is 11.8. The number of carboxylic acids is 1. The molecule has 110 valence electrons. The van der Waals surface area contributed by atoms with Crippen LogP contribution in [0.3, 0.4) is 0 Å². The van der Waals surface area contributed by atoms with Crippen LogP contribution >= 0.6 is 0 Å². The molecular weight excluding hydrogens is 284 g/mol. The van der Waals surface area contributed by atoms with Crippen molar-refractivity contribution in [1.82, 2.24) is 4.72 Å². The molecule has 1 atom stereocenters. The minimum atomic E-state index is -3.92. The van der Waals surface area contributed by atoms with E-state index in [0.717, 1.165) is 4.31 Å². The summed E-state index contributed by atoms with van der Waals surface area (Å²) in [5.41, 5.74) is 1.11. The van der Waals surface area contributed by atoms with Gasteiger partial charge in [-0.3, -0.25) is 0 Å². The molecule has 0 amide bonds. The predicted molar refractivity (Wildman–Crippen MR) is 72.8 cm³/mol. The number of nitrogens with one attached hydrogen (secondary N) is 1. The monoisotopic (exact) mass is 300 g/mol. The van der Waals surface area contributed by atoms with E-state index >= 15 is 0 Å². The molecule has 0 fully saturated rings. The lowest BCUT2D eigenvalue weighted by Gasteiger charge is -2.24. The minimum Gasteiger partial charge on any atom is -0.480 e. The number of para-hydroxylation sites is 1. The van der Waals surface area contributed by atoms with Crippen LogP contribution in [0.25, 0.3) is 0 Å². The van der Waals surface area contributed by atoms with Crippen LogP contribution in [0.2, 0.25) is 0 Å². The number of hydrogen-bond donors (Lipinski definition) is 2. The van der Waals surface area contributed by atoms with Gasteiger partial charge in [-0.05, 0) is 11.6 Å². The number of ether oxygens (including phenoxy) is 1. The van der Waals surface area contributed by atoms with Gasteiger partial charge in [0.15, 0.2) is 0 Å². The third kappa shape index (κ3) is 2.77. The molecule has 2 N–H and O–H groups in total. The van der Waals surface area contributed by atoms with Crippen LogP contribution in [0.1, 0.15) is 5.56 Å². The second-order valence-electron chi connectivity index (χ2n) is 4.37. The Balaban J connectivity index is 2.33. The molecule has 0 spiro atoms. The quantitative estimate of drug-likeness (QED) is 0.720. The largest absolute Gasteiger partial charge is 0.480 e. The first-order valence-electron chi connectivity index (χ1n) is 6.06. The summed E-state index contributed by atoms with van der Waals surface area (Å²) in [6.07, 6.45) is 0.163. The Morgan fingerprint density at radius 1 is 1.50 bits per heavy atom. The molecule has 1 aromatic rings. The van der Waals surface area contributed by atoms with E-state index in [2.05, 4.69) is 4.72 Å². The Labute approximate surface area is 117 Å². The van der Waals surface area contributed by atoms with Gasteiger partial charge in [-0.1, -0.05) is 18.2 Å². The molecule has 1 unspecified atom stereocenters. The van der Waals surface area contributed by atoms with Crippen LogP contribution in [0, 0.1) is 0 Å². The van der Waals surface area contributed by atoms with Crippen molar-refractivity contribution in [3.05, 3.63) is 29.8 Å². The second kappa shape index (κ2) is 5.78. The van der Waals surface area contributed by atoms with Gasteiger partial charge in [-0.2, -0.15) is 13.1 Å². The number of methoxy groups -OCH3 is 1. The molecule has 1 heterocycles. The smallest absolute Gasteiger partial charge is 0.327 e. The van der Waals surface area contributed by atoms with Crippen molar-refractivity contribution in [1.29, 1.82) is 0 Å². The average molecular weight is 300 g/mol. The molecule has 0 aromatic heterocycles. The molecule has 1 aliphatic rings. The van der Waals surface area contributed by atoms with E-state index in [9.17, 15) is 18.3 Å². The zero-order chi connectivity index (χ0) is 14.8. The van der Waals surface area contributed by atoms with Gasteiger partial charge < -0.3 is 9.84 Å². The average Bonchev–Trinajstić information content (AvgIpc) is 2.79. The topological polar surface area (TPSA) is 95.9 Å². The van der Waals surface area contributed by atoms with Gasteiger partial charge in [-0.25, -0.2) is 9.10 Å². The van der Waals surface area contributed by atoms with Crippen molar-refractivity contribution in [2.75, 3.05) is 24.6 Å². The van der Waals surface area contributed by atoms with Crippen LogP contribution in [0.5, 0.6) is 0 Å². The summed E-state index contributed by atoms with van der Waals surface area (Å²) in [6, 6.07) is 5.66. The number of carboxylic acid groups (broad SMARTS) is 1. The van der Waals surface area contributed by atoms with E-state index in [1.165, 1.54) is 7.11 Å². The van der Waals surface area contributed by atoms with Crippen molar-refractivity contribution in [2.24, 2.45) is 0 Å². The number of anilines is 1. The Morgan fingerprint density at radius 2 is 2.20 bits per heavy atom. The number of hydrogen-bond acceptors (Lipinski definition) is 4. The van der Waals surface area contributed by atoms with Crippen molar-refractivity contribution < 1.29 is 23.1 Å². The van der Waals surface area contributed by atoms with Crippen molar-refractivity contribution in [2.45, 2.75) is 12.5 Å². The van der Waals surface area contributed by atoms with Crippen molar-refractivity contribution in [3.8, 4) is 0 Å². The molecular formula is C12H16N2O5S. The highest BCUT2D eigenvalue weighted by atomic mass is 32.2. The Bertz CT molecular complexity index is 602. The SMILES string of the molecule is COCCNS(=O)(=O)N1c2ccccc2CC1C(=O)O. The third-order valence-electron chi connectivity index (χ3n) is 3.06. The van der Waals surface area contributed by atoms with Crippen LogP contribution in [0.15, 0.2) is 24.3 Å². The number of carbonyl (C=O) groups is 1. The summed E-state index contributed by atoms with van der Waals surface area (Å²) in [5, 5.41) is 9.23. The fourth-order valence-electron chi connectivity index (χ4n) is 2.18. The van der Waals surface area contributed by atoms with E-state index in [0.29, 0.717) is 11.3 Å². The lowest BCUT2D eigenvalue weighted by molar-refractivity contribution is -0.138. The van der Waals surface area contributed by atoms with E-state index in [1.54, 1.807) is 24.3 Å². The summed E-state index contributed by atoms with van der Waals surface area (Å²) < 4.78 is 32.6. The number of aliphatic carboxylic acids is 1. The molecule has 0 radical (unpaired) electrons. The molecule has 0 aliphatic carbocycles. The molecule has 0 saturated heterocycles. The summed E-state index contributed by atoms with van der Waals surface area (Å²) in [6.45, 7) is 0.302. The number of benzene rings is 1. The van der Waals surface area contributed by atoms with Gasteiger partial charge in [0.1, 0.15) is 6.04 Å². The highest BCUT2D eigenvalue weighted by molar-refractivity contribution is 7.91. The summed E-state index contributed by atoms with van der Waals surface area (Å²) in [7, 11) is -2.46. The Kier molecular flexibility index (Phi) is 4.26. The third-order valence-corrected chi connectivity index (χ3v) is 4.60. The van der Waals surface area contributed by atoms with Gasteiger partial charge in [-0.15, -0.1) is 0 Å². The van der Waals surface area contributed by atoms with Crippen molar-refractivity contribution >= 4 is 21.9 Å². The van der Waals surface area contributed by atoms with Crippen LogP contribution in [-0.4, -0.2) is 45.8 Å². The molecule has 0 saturated carbocycles.